The second-order valence-electron chi connectivity index (χ2n) is 7.91. The molecule has 0 spiro atoms. The van der Waals surface area contributed by atoms with Crippen molar-refractivity contribution in [1.82, 2.24) is 14.9 Å². The van der Waals surface area contributed by atoms with E-state index >= 15 is 0 Å². The molecule has 0 radical (unpaired) electrons. The molecular weight excluding hydrogens is 420 g/mol. The van der Waals surface area contributed by atoms with Crippen molar-refractivity contribution in [2.45, 2.75) is 64.3 Å². The molecule has 2 heterocycles. The summed E-state index contributed by atoms with van der Waals surface area (Å²) in [5.41, 5.74) is 2.61. The summed E-state index contributed by atoms with van der Waals surface area (Å²) in [5.74, 6) is -0.245. The Balaban J connectivity index is 1.71. The van der Waals surface area contributed by atoms with Crippen LogP contribution in [0.3, 0.4) is 0 Å². The van der Waals surface area contributed by atoms with Crippen LogP contribution in [0.1, 0.15) is 62.5 Å². The van der Waals surface area contributed by atoms with Crippen molar-refractivity contribution in [3.05, 3.63) is 40.5 Å². The molecule has 0 N–H and O–H groups in total. The van der Waals surface area contributed by atoms with Crippen molar-refractivity contribution < 1.29 is 9.59 Å². The number of fused-ring (bicyclic) bond motifs is 1. The van der Waals surface area contributed by atoms with Gasteiger partial charge in [-0.1, -0.05) is 60.8 Å². The van der Waals surface area contributed by atoms with Gasteiger partial charge in [0, 0.05) is 30.8 Å². The molecule has 1 aromatic carbocycles. The molecule has 1 aliphatic carbocycles. The zero-order valence-corrected chi connectivity index (χ0v) is 19.0. The summed E-state index contributed by atoms with van der Waals surface area (Å²) in [6.45, 7) is 5.04. The van der Waals surface area contributed by atoms with Gasteiger partial charge in [-0.3, -0.25) is 14.5 Å². The fourth-order valence-electron chi connectivity index (χ4n) is 4.25. The predicted molar refractivity (Wildman–Crippen MR) is 121 cm³/mol. The number of aromatic nitrogens is 1. The number of hydrogen-bond acceptors (Lipinski definition) is 5. The third kappa shape index (κ3) is 3.93. The highest BCUT2D eigenvalue weighted by molar-refractivity contribution is 8.14. The van der Waals surface area contributed by atoms with E-state index in [1.807, 2.05) is 31.2 Å². The highest BCUT2D eigenvalue weighted by Crippen LogP contribution is 2.44. The Kier molecular flexibility index (Phi) is 6.02. The van der Waals surface area contributed by atoms with E-state index in [0.29, 0.717) is 10.3 Å². The van der Waals surface area contributed by atoms with E-state index in [0.717, 1.165) is 47.7 Å². The molecule has 2 aliphatic rings. The summed E-state index contributed by atoms with van der Waals surface area (Å²) < 4.78 is 0. The number of hydrogen-bond donors (Lipinski definition) is 0. The number of rotatable bonds is 2. The van der Waals surface area contributed by atoms with E-state index in [2.05, 4.69) is 10.1 Å². The predicted octanol–water partition coefficient (Wildman–Crippen LogP) is 5.24. The quantitative estimate of drug-likeness (QED) is 0.594. The van der Waals surface area contributed by atoms with Gasteiger partial charge in [0.15, 0.2) is 5.17 Å². The topological polar surface area (TPSA) is 65.9 Å². The van der Waals surface area contributed by atoms with Crippen molar-refractivity contribution in [2.75, 3.05) is 0 Å². The SMILES string of the molecule is CC(=O)N1N=C(N(C(C)=O)C2CCCCC2)SC1c1cc2cccc(C)c2nc1Cl. The number of carbonyl (C=O) groups excluding carboxylic acids is 2. The van der Waals surface area contributed by atoms with Crippen LogP contribution in [0.15, 0.2) is 29.4 Å². The first-order valence-electron chi connectivity index (χ1n) is 10.3. The Bertz CT molecular complexity index is 1040. The number of aryl methyl sites for hydroxylation is 1. The monoisotopic (exact) mass is 444 g/mol. The van der Waals surface area contributed by atoms with Crippen LogP contribution in [0.2, 0.25) is 5.15 Å². The van der Waals surface area contributed by atoms with Gasteiger partial charge in [0.1, 0.15) is 10.5 Å². The lowest BCUT2D eigenvalue weighted by molar-refractivity contribution is -0.130. The molecule has 1 aliphatic heterocycles. The zero-order chi connectivity index (χ0) is 21.4. The second kappa shape index (κ2) is 8.55. The van der Waals surface area contributed by atoms with Gasteiger partial charge < -0.3 is 0 Å². The molecule has 1 saturated carbocycles. The lowest BCUT2D eigenvalue weighted by atomic mass is 9.94. The van der Waals surface area contributed by atoms with Crippen LogP contribution in [-0.2, 0) is 9.59 Å². The fraction of sp³-hybridized carbons (Fsp3) is 0.455. The van der Waals surface area contributed by atoms with Crippen molar-refractivity contribution in [2.24, 2.45) is 5.10 Å². The number of pyridine rings is 1. The molecule has 2 aromatic rings. The van der Waals surface area contributed by atoms with E-state index in [4.69, 9.17) is 11.6 Å². The van der Waals surface area contributed by atoms with Crippen LogP contribution < -0.4 is 0 Å². The molecule has 1 aromatic heterocycles. The molecule has 0 bridgehead atoms. The molecule has 8 heteroatoms. The van der Waals surface area contributed by atoms with Crippen molar-refractivity contribution >= 4 is 51.2 Å². The lowest BCUT2D eigenvalue weighted by Gasteiger charge is -2.32. The van der Waals surface area contributed by atoms with Gasteiger partial charge in [0.05, 0.1) is 5.52 Å². The molecule has 2 amide bonds. The van der Waals surface area contributed by atoms with E-state index in [1.165, 1.54) is 30.1 Å². The number of benzene rings is 1. The number of hydrazone groups is 1. The van der Waals surface area contributed by atoms with Gasteiger partial charge in [0.2, 0.25) is 11.8 Å². The van der Waals surface area contributed by atoms with Gasteiger partial charge in [0.25, 0.3) is 0 Å². The lowest BCUT2D eigenvalue weighted by Crippen LogP contribution is -2.42. The number of halogens is 1. The van der Waals surface area contributed by atoms with Crippen LogP contribution in [0.25, 0.3) is 10.9 Å². The minimum atomic E-state index is -0.451. The Hall–Kier alpha value is -2.12. The number of amidine groups is 1. The van der Waals surface area contributed by atoms with E-state index in [9.17, 15) is 9.59 Å². The average molecular weight is 445 g/mol. The Labute approximate surface area is 185 Å². The molecule has 1 fully saturated rings. The van der Waals surface area contributed by atoms with Gasteiger partial charge in [-0.05, 0) is 31.4 Å². The third-order valence-corrected chi connectivity index (χ3v) is 7.20. The highest BCUT2D eigenvalue weighted by atomic mass is 35.5. The number of thioether (sulfide) groups is 1. The first kappa shape index (κ1) is 21.1. The fourth-order valence-corrected chi connectivity index (χ4v) is 5.89. The standard InChI is InChI=1S/C22H25ClN4O2S/c1-13-8-7-9-16-12-18(20(23)24-19(13)16)21-27(15(3)29)25-22(30-21)26(14(2)28)17-10-5-4-6-11-17/h7-9,12,17,21H,4-6,10-11H2,1-3H3. The van der Waals surface area contributed by atoms with Crippen LogP contribution in [-0.4, -0.2) is 37.9 Å². The molecule has 6 nitrogen and oxygen atoms in total. The summed E-state index contributed by atoms with van der Waals surface area (Å²) in [6, 6.07) is 8.06. The first-order chi connectivity index (χ1) is 14.4. The molecular formula is C22H25ClN4O2S. The number of para-hydroxylation sites is 1. The molecule has 0 saturated heterocycles. The van der Waals surface area contributed by atoms with E-state index in [-0.39, 0.29) is 17.9 Å². The van der Waals surface area contributed by atoms with Crippen LogP contribution >= 0.6 is 23.4 Å². The number of amides is 2. The number of carbonyl (C=O) groups is 2. The number of nitrogens with zero attached hydrogens (tertiary/aromatic N) is 4. The molecule has 30 heavy (non-hydrogen) atoms. The zero-order valence-electron chi connectivity index (χ0n) is 17.4. The molecule has 4 rings (SSSR count). The van der Waals surface area contributed by atoms with E-state index in [1.54, 1.807) is 11.8 Å². The normalized spacial score (nSPS) is 19.8. The third-order valence-electron chi connectivity index (χ3n) is 5.73. The molecule has 1 atom stereocenters. The van der Waals surface area contributed by atoms with Crippen LogP contribution in [0.5, 0.6) is 0 Å². The Morgan fingerprint density at radius 3 is 2.60 bits per heavy atom. The summed E-state index contributed by atoms with van der Waals surface area (Å²) in [5, 5.41) is 7.41. The summed E-state index contributed by atoms with van der Waals surface area (Å²) in [6.07, 6.45) is 5.32. The highest BCUT2D eigenvalue weighted by Gasteiger charge is 2.39. The average Bonchev–Trinajstić information content (AvgIpc) is 3.14. The summed E-state index contributed by atoms with van der Waals surface area (Å²) in [7, 11) is 0. The largest absolute Gasteiger partial charge is 0.287 e. The summed E-state index contributed by atoms with van der Waals surface area (Å²) >= 11 is 7.96. The van der Waals surface area contributed by atoms with Gasteiger partial charge in [-0.2, -0.15) is 0 Å². The van der Waals surface area contributed by atoms with Crippen molar-refractivity contribution in [1.29, 1.82) is 0 Å². The maximum Gasteiger partial charge on any atom is 0.241 e. The maximum absolute atomic E-state index is 12.5. The minimum Gasteiger partial charge on any atom is -0.287 e. The smallest absolute Gasteiger partial charge is 0.241 e. The van der Waals surface area contributed by atoms with Crippen molar-refractivity contribution in [3.63, 3.8) is 0 Å². The Morgan fingerprint density at radius 1 is 1.20 bits per heavy atom. The van der Waals surface area contributed by atoms with Gasteiger partial charge in [-0.25, -0.2) is 9.99 Å². The van der Waals surface area contributed by atoms with Gasteiger partial charge >= 0.3 is 0 Å². The summed E-state index contributed by atoms with van der Waals surface area (Å²) in [4.78, 5) is 31.3. The first-order valence-corrected chi connectivity index (χ1v) is 11.5. The maximum atomic E-state index is 12.5. The van der Waals surface area contributed by atoms with Crippen molar-refractivity contribution in [3.8, 4) is 0 Å². The van der Waals surface area contributed by atoms with E-state index < -0.39 is 5.37 Å². The Morgan fingerprint density at radius 2 is 1.93 bits per heavy atom. The van der Waals surface area contributed by atoms with Crippen LogP contribution in [0, 0.1) is 6.92 Å². The second-order valence-corrected chi connectivity index (χ2v) is 9.32. The minimum absolute atomic E-state index is 0.0457. The van der Waals surface area contributed by atoms with Gasteiger partial charge in [-0.15, -0.1) is 5.10 Å². The van der Waals surface area contributed by atoms with Crippen LogP contribution in [0.4, 0.5) is 0 Å². The molecule has 1 unspecified atom stereocenters. The molecule has 158 valence electrons.